The molecule has 1 saturated carbocycles. The molecule has 1 aliphatic rings. The molecule has 1 N–H and O–H groups in total. The second-order valence-corrected chi connectivity index (χ2v) is 4.33. The van der Waals surface area contributed by atoms with E-state index in [0.717, 1.165) is 19.3 Å². The van der Waals surface area contributed by atoms with E-state index in [9.17, 15) is 4.79 Å². The van der Waals surface area contributed by atoms with Crippen molar-refractivity contribution in [2.75, 3.05) is 0 Å². The van der Waals surface area contributed by atoms with Crippen LogP contribution in [0.4, 0.5) is 0 Å². The summed E-state index contributed by atoms with van der Waals surface area (Å²) in [5.74, 6) is 0.194. The van der Waals surface area contributed by atoms with Crippen LogP contribution in [-0.2, 0) is 11.2 Å². The van der Waals surface area contributed by atoms with Crippen molar-refractivity contribution in [3.63, 3.8) is 0 Å². The van der Waals surface area contributed by atoms with Gasteiger partial charge in [-0.15, -0.1) is 0 Å². The first kappa shape index (κ1) is 10.2. The molecule has 15 heavy (non-hydrogen) atoms. The summed E-state index contributed by atoms with van der Waals surface area (Å²) in [5.41, 5.74) is 2.51. The van der Waals surface area contributed by atoms with E-state index in [2.05, 4.69) is 30.4 Å². The summed E-state index contributed by atoms with van der Waals surface area (Å²) in [5, 5.41) is 3.00. The fraction of sp³-hybridized carbons (Fsp3) is 0.462. The molecule has 0 heterocycles. The molecule has 0 aromatic heterocycles. The van der Waals surface area contributed by atoms with Gasteiger partial charge in [-0.3, -0.25) is 4.79 Å². The fourth-order valence-corrected chi connectivity index (χ4v) is 1.65. The van der Waals surface area contributed by atoms with Gasteiger partial charge in [0.25, 0.3) is 0 Å². The Kier molecular flexibility index (Phi) is 3.05. The second kappa shape index (κ2) is 4.47. The van der Waals surface area contributed by atoms with Crippen LogP contribution in [0.5, 0.6) is 0 Å². The van der Waals surface area contributed by atoms with Gasteiger partial charge in [0.2, 0.25) is 5.91 Å². The van der Waals surface area contributed by atoms with Gasteiger partial charge in [-0.2, -0.15) is 0 Å². The molecule has 0 aliphatic heterocycles. The first-order valence-corrected chi connectivity index (χ1v) is 5.59. The number of hydrogen-bond donors (Lipinski definition) is 1. The quantitative estimate of drug-likeness (QED) is 0.798. The molecular weight excluding hydrogens is 186 g/mol. The highest BCUT2D eigenvalue weighted by molar-refractivity contribution is 5.76. The smallest absolute Gasteiger partial charge is 0.220 e. The molecular formula is C13H17NO. The number of hydrogen-bond acceptors (Lipinski definition) is 1. The molecule has 0 atom stereocenters. The normalized spacial score (nSPS) is 15.0. The average molecular weight is 203 g/mol. The van der Waals surface area contributed by atoms with E-state index in [-0.39, 0.29) is 5.91 Å². The van der Waals surface area contributed by atoms with Gasteiger partial charge in [-0.05, 0) is 31.7 Å². The van der Waals surface area contributed by atoms with Crippen molar-refractivity contribution in [1.82, 2.24) is 5.32 Å². The SMILES string of the molecule is Cc1cccc(CCC(=O)NC2CC2)c1. The van der Waals surface area contributed by atoms with E-state index < -0.39 is 0 Å². The Bertz CT molecular complexity index is 355. The number of amides is 1. The van der Waals surface area contributed by atoms with Crippen LogP contribution in [0, 0.1) is 6.92 Å². The van der Waals surface area contributed by atoms with Gasteiger partial charge >= 0.3 is 0 Å². The molecule has 2 heteroatoms. The zero-order valence-corrected chi connectivity index (χ0v) is 9.12. The topological polar surface area (TPSA) is 29.1 Å². The summed E-state index contributed by atoms with van der Waals surface area (Å²) < 4.78 is 0. The minimum absolute atomic E-state index is 0.194. The van der Waals surface area contributed by atoms with Crippen LogP contribution in [0.15, 0.2) is 24.3 Å². The third-order valence-electron chi connectivity index (χ3n) is 2.67. The number of benzene rings is 1. The highest BCUT2D eigenvalue weighted by atomic mass is 16.1. The summed E-state index contributed by atoms with van der Waals surface area (Å²) in [4.78, 5) is 11.4. The molecule has 2 nitrogen and oxygen atoms in total. The zero-order chi connectivity index (χ0) is 10.7. The standard InChI is InChI=1S/C13H17NO/c1-10-3-2-4-11(9-10)5-8-13(15)14-12-6-7-12/h2-4,9,12H,5-8H2,1H3,(H,14,15). The van der Waals surface area contributed by atoms with Crippen LogP contribution in [-0.4, -0.2) is 11.9 Å². The summed E-state index contributed by atoms with van der Waals surface area (Å²) in [7, 11) is 0. The van der Waals surface area contributed by atoms with Gasteiger partial charge in [0, 0.05) is 12.5 Å². The number of carbonyl (C=O) groups is 1. The van der Waals surface area contributed by atoms with Crippen molar-refractivity contribution >= 4 is 5.91 Å². The maximum Gasteiger partial charge on any atom is 0.220 e. The molecule has 80 valence electrons. The van der Waals surface area contributed by atoms with Gasteiger partial charge in [-0.25, -0.2) is 0 Å². The van der Waals surface area contributed by atoms with Crippen molar-refractivity contribution < 1.29 is 4.79 Å². The van der Waals surface area contributed by atoms with Crippen LogP contribution in [0.2, 0.25) is 0 Å². The Morgan fingerprint density at radius 2 is 2.27 bits per heavy atom. The Hall–Kier alpha value is -1.31. The predicted octanol–water partition coefficient (Wildman–Crippen LogP) is 2.21. The number of aryl methyl sites for hydroxylation is 2. The Morgan fingerprint density at radius 1 is 1.47 bits per heavy atom. The minimum atomic E-state index is 0.194. The lowest BCUT2D eigenvalue weighted by Gasteiger charge is -2.04. The second-order valence-electron chi connectivity index (χ2n) is 4.33. The molecule has 1 fully saturated rings. The Balaban J connectivity index is 1.78. The van der Waals surface area contributed by atoms with Crippen LogP contribution in [0.25, 0.3) is 0 Å². The lowest BCUT2D eigenvalue weighted by atomic mass is 10.1. The maximum absolute atomic E-state index is 11.4. The summed E-state index contributed by atoms with van der Waals surface area (Å²) in [6, 6.07) is 8.83. The summed E-state index contributed by atoms with van der Waals surface area (Å²) in [6.07, 6.45) is 3.78. The van der Waals surface area contributed by atoms with Gasteiger partial charge in [0.1, 0.15) is 0 Å². The lowest BCUT2D eigenvalue weighted by Crippen LogP contribution is -2.25. The van der Waals surface area contributed by atoms with Crippen LogP contribution in [0.3, 0.4) is 0 Å². The number of carbonyl (C=O) groups excluding carboxylic acids is 1. The fourth-order valence-electron chi connectivity index (χ4n) is 1.65. The molecule has 0 spiro atoms. The molecule has 0 unspecified atom stereocenters. The predicted molar refractivity (Wildman–Crippen MR) is 60.7 cm³/mol. The molecule has 1 aromatic rings. The van der Waals surface area contributed by atoms with Gasteiger partial charge in [-0.1, -0.05) is 29.8 Å². The molecule has 1 aromatic carbocycles. The zero-order valence-electron chi connectivity index (χ0n) is 9.12. The van der Waals surface area contributed by atoms with E-state index in [1.807, 2.05) is 6.07 Å². The molecule has 1 aliphatic carbocycles. The van der Waals surface area contributed by atoms with Gasteiger partial charge in [0.15, 0.2) is 0 Å². The summed E-state index contributed by atoms with van der Waals surface area (Å²) in [6.45, 7) is 2.08. The van der Waals surface area contributed by atoms with E-state index in [1.165, 1.54) is 11.1 Å². The van der Waals surface area contributed by atoms with E-state index >= 15 is 0 Å². The highest BCUT2D eigenvalue weighted by Crippen LogP contribution is 2.18. The minimum Gasteiger partial charge on any atom is -0.353 e. The largest absolute Gasteiger partial charge is 0.353 e. The van der Waals surface area contributed by atoms with Crippen LogP contribution >= 0.6 is 0 Å². The van der Waals surface area contributed by atoms with E-state index in [1.54, 1.807) is 0 Å². The molecule has 0 saturated heterocycles. The van der Waals surface area contributed by atoms with Crippen molar-refractivity contribution in [2.24, 2.45) is 0 Å². The van der Waals surface area contributed by atoms with Gasteiger partial charge < -0.3 is 5.32 Å². The first-order chi connectivity index (χ1) is 7.24. The third kappa shape index (κ3) is 3.39. The van der Waals surface area contributed by atoms with Crippen molar-refractivity contribution in [3.05, 3.63) is 35.4 Å². The lowest BCUT2D eigenvalue weighted by molar-refractivity contribution is -0.121. The van der Waals surface area contributed by atoms with Crippen LogP contribution < -0.4 is 5.32 Å². The molecule has 2 rings (SSSR count). The van der Waals surface area contributed by atoms with Crippen LogP contribution in [0.1, 0.15) is 30.4 Å². The first-order valence-electron chi connectivity index (χ1n) is 5.59. The summed E-state index contributed by atoms with van der Waals surface area (Å²) >= 11 is 0. The molecule has 0 bridgehead atoms. The van der Waals surface area contributed by atoms with Crippen molar-refractivity contribution in [3.8, 4) is 0 Å². The van der Waals surface area contributed by atoms with Gasteiger partial charge in [0.05, 0.1) is 0 Å². The molecule has 1 amide bonds. The number of nitrogens with one attached hydrogen (secondary N) is 1. The van der Waals surface area contributed by atoms with Crippen molar-refractivity contribution in [2.45, 2.75) is 38.6 Å². The highest BCUT2D eigenvalue weighted by Gasteiger charge is 2.22. The maximum atomic E-state index is 11.4. The van der Waals surface area contributed by atoms with E-state index in [0.29, 0.717) is 12.5 Å². The Labute approximate surface area is 90.7 Å². The average Bonchev–Trinajstić information content (AvgIpc) is 2.99. The number of rotatable bonds is 4. The van der Waals surface area contributed by atoms with E-state index in [4.69, 9.17) is 0 Å². The third-order valence-corrected chi connectivity index (χ3v) is 2.67. The Morgan fingerprint density at radius 3 is 2.93 bits per heavy atom. The monoisotopic (exact) mass is 203 g/mol. The van der Waals surface area contributed by atoms with Crippen molar-refractivity contribution in [1.29, 1.82) is 0 Å². The molecule has 0 radical (unpaired) electrons.